The van der Waals surface area contributed by atoms with Gasteiger partial charge in [-0.1, -0.05) is 0 Å². The van der Waals surface area contributed by atoms with E-state index < -0.39 is 17.2 Å². The van der Waals surface area contributed by atoms with Crippen LogP contribution in [-0.2, 0) is 9.47 Å². The van der Waals surface area contributed by atoms with Gasteiger partial charge in [0, 0.05) is 56.5 Å². The van der Waals surface area contributed by atoms with Crippen molar-refractivity contribution in [1.29, 1.82) is 0 Å². The number of fused-ring (bicyclic) bond motifs is 1. The summed E-state index contributed by atoms with van der Waals surface area (Å²) < 4.78 is 40.6. The molecule has 0 saturated carbocycles. The number of pyridine rings is 2. The van der Waals surface area contributed by atoms with Crippen LogP contribution < -0.4 is 15.1 Å². The van der Waals surface area contributed by atoms with Crippen LogP contribution in [-0.4, -0.2) is 78.5 Å². The first-order valence-corrected chi connectivity index (χ1v) is 13.6. The van der Waals surface area contributed by atoms with Gasteiger partial charge in [-0.15, -0.1) is 0 Å². The summed E-state index contributed by atoms with van der Waals surface area (Å²) in [6.45, 7) is 13.5. The van der Waals surface area contributed by atoms with E-state index in [0.29, 0.717) is 55.6 Å². The number of carbonyl (C=O) groups is 1. The van der Waals surface area contributed by atoms with Crippen molar-refractivity contribution in [2.24, 2.45) is 0 Å². The molecule has 2 aliphatic rings. The number of anilines is 4. The molecule has 0 spiro atoms. The molecule has 0 aliphatic carbocycles. The molecule has 1 atom stereocenters. The first-order valence-electron chi connectivity index (χ1n) is 13.6. The third kappa shape index (κ3) is 5.89. The lowest BCUT2D eigenvalue weighted by molar-refractivity contribution is 0.0218. The Morgan fingerprint density at radius 3 is 2.55 bits per heavy atom. The summed E-state index contributed by atoms with van der Waals surface area (Å²) in [5.74, 6) is -0.787. The molecular formula is C29H36F2N6O3. The van der Waals surface area contributed by atoms with E-state index in [1.165, 1.54) is 6.07 Å². The maximum atomic E-state index is 15.3. The lowest BCUT2D eigenvalue weighted by Crippen LogP contribution is -2.55. The maximum absolute atomic E-state index is 15.3. The van der Waals surface area contributed by atoms with Crippen LogP contribution >= 0.6 is 0 Å². The molecule has 1 N–H and O–H groups in total. The number of aromatic nitrogens is 2. The van der Waals surface area contributed by atoms with Gasteiger partial charge in [0.05, 0.1) is 53.6 Å². The molecule has 11 heteroatoms. The number of carbonyl (C=O) groups excluding carboxylic acids is 1. The summed E-state index contributed by atoms with van der Waals surface area (Å²) in [6.07, 6.45) is 3.11. The number of hydrogen-bond acceptors (Lipinski definition) is 8. The number of hydrogen-bond donors (Lipinski definition) is 1. The van der Waals surface area contributed by atoms with Crippen LogP contribution in [0.25, 0.3) is 10.9 Å². The highest BCUT2D eigenvalue weighted by molar-refractivity contribution is 5.98. The van der Waals surface area contributed by atoms with E-state index in [1.54, 1.807) is 17.3 Å². The smallest absolute Gasteiger partial charge is 0.410 e. The highest BCUT2D eigenvalue weighted by Gasteiger charge is 2.32. The molecule has 2 aromatic heterocycles. The quantitative estimate of drug-likeness (QED) is 0.469. The fourth-order valence-corrected chi connectivity index (χ4v) is 5.23. The summed E-state index contributed by atoms with van der Waals surface area (Å²) in [5.41, 5.74) is 2.45. The van der Waals surface area contributed by atoms with Crippen LogP contribution in [0.1, 0.15) is 33.3 Å². The Kier molecular flexibility index (Phi) is 7.67. The van der Waals surface area contributed by atoms with E-state index >= 15 is 4.39 Å². The third-order valence-electron chi connectivity index (χ3n) is 7.14. The summed E-state index contributed by atoms with van der Waals surface area (Å²) in [5, 5.41) is 3.58. The third-order valence-corrected chi connectivity index (χ3v) is 7.14. The van der Waals surface area contributed by atoms with Gasteiger partial charge in [0.1, 0.15) is 23.1 Å². The van der Waals surface area contributed by atoms with Crippen LogP contribution in [0, 0.1) is 18.6 Å². The number of morpholine rings is 1. The minimum absolute atomic E-state index is 0.109. The number of nitrogens with one attached hydrogen (secondary N) is 1. The van der Waals surface area contributed by atoms with Crippen LogP contribution in [0.15, 0.2) is 30.6 Å². The molecule has 3 aromatic rings. The molecule has 0 unspecified atom stereocenters. The van der Waals surface area contributed by atoms with E-state index in [4.69, 9.17) is 14.5 Å². The Morgan fingerprint density at radius 2 is 1.85 bits per heavy atom. The zero-order valence-electron chi connectivity index (χ0n) is 23.6. The SMILES string of the molecule is Cc1c(N2CCN(C(=O)OC(C)(C)C)C[C@H]2C)nc2cc(F)cc(F)c2c1Nc1cncc(N2CCOCC2)c1. The van der Waals surface area contributed by atoms with Gasteiger partial charge >= 0.3 is 6.09 Å². The van der Waals surface area contributed by atoms with E-state index in [0.717, 1.165) is 24.8 Å². The van der Waals surface area contributed by atoms with Crippen molar-refractivity contribution in [2.75, 3.05) is 61.1 Å². The van der Waals surface area contributed by atoms with Crippen LogP contribution in [0.4, 0.5) is 36.5 Å². The van der Waals surface area contributed by atoms with Gasteiger partial charge in [-0.25, -0.2) is 18.6 Å². The van der Waals surface area contributed by atoms with E-state index in [1.807, 2.05) is 40.7 Å². The first kappa shape index (κ1) is 27.8. The summed E-state index contributed by atoms with van der Waals surface area (Å²) in [7, 11) is 0. The molecule has 2 saturated heterocycles. The summed E-state index contributed by atoms with van der Waals surface area (Å²) in [4.78, 5) is 27.8. The fraction of sp³-hybridized carbons (Fsp3) is 0.483. The van der Waals surface area contributed by atoms with Gasteiger partial charge in [-0.05, 0) is 40.7 Å². The Bertz CT molecular complexity index is 1410. The fourth-order valence-electron chi connectivity index (χ4n) is 5.23. The lowest BCUT2D eigenvalue weighted by Gasteiger charge is -2.41. The van der Waals surface area contributed by atoms with Gasteiger partial charge in [-0.2, -0.15) is 0 Å². The molecule has 1 aromatic carbocycles. The van der Waals surface area contributed by atoms with Gasteiger partial charge in [0.2, 0.25) is 0 Å². The summed E-state index contributed by atoms with van der Waals surface area (Å²) >= 11 is 0. The largest absolute Gasteiger partial charge is 0.444 e. The average molecular weight is 555 g/mol. The molecular weight excluding hydrogens is 518 g/mol. The van der Waals surface area contributed by atoms with Crippen molar-refractivity contribution < 1.29 is 23.0 Å². The minimum atomic E-state index is -0.697. The molecule has 1 amide bonds. The number of nitrogens with zero attached hydrogens (tertiary/aromatic N) is 5. The predicted octanol–water partition coefficient (Wildman–Crippen LogP) is 5.24. The second-order valence-corrected chi connectivity index (χ2v) is 11.3. The number of ether oxygens (including phenoxy) is 2. The Hall–Kier alpha value is -3.73. The number of amides is 1. The molecule has 2 aliphatic heterocycles. The number of piperazine rings is 1. The molecule has 9 nitrogen and oxygen atoms in total. The topological polar surface area (TPSA) is 83.1 Å². The molecule has 40 heavy (non-hydrogen) atoms. The Morgan fingerprint density at radius 1 is 1.10 bits per heavy atom. The van der Waals surface area contributed by atoms with Crippen LogP contribution in [0.5, 0.6) is 0 Å². The van der Waals surface area contributed by atoms with Crippen molar-refractivity contribution in [3.8, 4) is 0 Å². The van der Waals surface area contributed by atoms with Gasteiger partial charge in [0.15, 0.2) is 0 Å². The number of benzene rings is 1. The van der Waals surface area contributed by atoms with Crippen molar-refractivity contribution in [3.05, 3.63) is 47.8 Å². The molecule has 2 fully saturated rings. The van der Waals surface area contributed by atoms with Crippen molar-refractivity contribution in [2.45, 2.75) is 46.3 Å². The molecule has 214 valence electrons. The van der Waals surface area contributed by atoms with Crippen molar-refractivity contribution in [3.63, 3.8) is 0 Å². The normalized spacial score (nSPS) is 18.3. The minimum Gasteiger partial charge on any atom is -0.444 e. The van der Waals surface area contributed by atoms with Crippen LogP contribution in [0.2, 0.25) is 0 Å². The second-order valence-electron chi connectivity index (χ2n) is 11.3. The standard InChI is InChI=1S/C29H36F2N6O3/c1-18-17-36(28(38)40-29(3,4)5)6-7-37(18)27-19(2)26(25-23(31)12-20(30)13-24(25)34-27)33-21-14-22(16-32-15-21)35-8-10-39-11-9-35/h12-16,18H,6-11,17H2,1-5H3,(H,33,34)/t18-/m1/s1. The van der Waals surface area contributed by atoms with E-state index in [2.05, 4.69) is 20.1 Å². The summed E-state index contributed by atoms with van der Waals surface area (Å²) in [6, 6.07) is 3.98. The van der Waals surface area contributed by atoms with E-state index in [9.17, 15) is 9.18 Å². The number of halogens is 2. The highest BCUT2D eigenvalue weighted by Crippen LogP contribution is 2.38. The predicted molar refractivity (Wildman–Crippen MR) is 152 cm³/mol. The van der Waals surface area contributed by atoms with Gasteiger partial charge in [0.25, 0.3) is 0 Å². The number of rotatable bonds is 4. The Balaban J connectivity index is 1.49. The first-order chi connectivity index (χ1) is 19.0. The van der Waals surface area contributed by atoms with Crippen molar-refractivity contribution >= 4 is 39.9 Å². The zero-order valence-corrected chi connectivity index (χ0v) is 23.6. The highest BCUT2D eigenvalue weighted by atomic mass is 19.1. The molecule has 4 heterocycles. The van der Waals surface area contributed by atoms with Crippen LogP contribution in [0.3, 0.4) is 0 Å². The monoisotopic (exact) mass is 554 g/mol. The Labute approximate surface area is 233 Å². The molecule has 0 bridgehead atoms. The second kappa shape index (κ2) is 11.0. The average Bonchev–Trinajstić information content (AvgIpc) is 2.90. The maximum Gasteiger partial charge on any atom is 0.410 e. The zero-order chi connectivity index (χ0) is 28.6. The van der Waals surface area contributed by atoms with Gasteiger partial charge < -0.3 is 29.5 Å². The molecule has 5 rings (SSSR count). The van der Waals surface area contributed by atoms with Crippen molar-refractivity contribution in [1.82, 2.24) is 14.9 Å². The molecule has 0 radical (unpaired) electrons. The lowest BCUT2D eigenvalue weighted by atomic mass is 10.1. The van der Waals surface area contributed by atoms with Gasteiger partial charge in [-0.3, -0.25) is 4.98 Å². The van der Waals surface area contributed by atoms with E-state index in [-0.39, 0.29) is 23.0 Å².